The van der Waals surface area contributed by atoms with Crippen LogP contribution in [0, 0.1) is 11.8 Å². The maximum atomic E-state index is 14.1. The molecule has 16 heteroatoms. The molecule has 6 N–H and O–H groups in total. The Morgan fingerprint density at radius 3 is 2.47 bits per heavy atom. The van der Waals surface area contributed by atoms with Crippen molar-refractivity contribution < 1.29 is 43.2 Å². The Morgan fingerprint density at radius 2 is 1.84 bits per heavy atom. The number of rotatable bonds is 14. The predicted molar refractivity (Wildman–Crippen MR) is 205 cm³/mol. The summed E-state index contributed by atoms with van der Waals surface area (Å²) in [6.07, 6.45) is -1.09. The second kappa shape index (κ2) is 19.0. The molecule has 0 aliphatic carbocycles. The largest absolute Gasteiger partial charge is 0.458 e. The number of carbonyl (C=O) groups excluding carboxylic acids is 3. The zero-order valence-corrected chi connectivity index (χ0v) is 33.9. The van der Waals surface area contributed by atoms with Crippen LogP contribution in [0.5, 0.6) is 0 Å². The van der Waals surface area contributed by atoms with Gasteiger partial charge in [-0.3, -0.25) is 19.2 Å². The molecule has 4 rings (SSSR count). The highest BCUT2D eigenvalue weighted by atomic mass is 16.7. The molecule has 1 unspecified atom stereocenters. The van der Waals surface area contributed by atoms with Crippen LogP contribution in [0.4, 0.5) is 10.5 Å². The van der Waals surface area contributed by atoms with Gasteiger partial charge in [0.15, 0.2) is 17.7 Å². The third-order valence-corrected chi connectivity index (χ3v) is 11.0. The topological polar surface area (TPSA) is 216 Å². The Bertz CT molecular complexity index is 1590. The SMILES string of the molecule is CC[C@H]1OC(=O)[C@H](C)C(=O)[C@H](C)[C@@H](O[C@H](OC(C)C)C(O)CN)[C@](C)(OC)CCN[C@H](C)[C@H]2N(CCCCn3cc(-c4cccc(N)c4)nn3)C(=O)O[C@]12C. The quantitative estimate of drug-likeness (QED) is 0.0713. The number of aryl methyl sites for hydroxylation is 1. The van der Waals surface area contributed by atoms with Crippen molar-refractivity contribution in [1.29, 1.82) is 0 Å². The summed E-state index contributed by atoms with van der Waals surface area (Å²) in [7, 11) is 1.53. The van der Waals surface area contributed by atoms with Gasteiger partial charge in [0.25, 0.3) is 0 Å². The number of nitrogens with zero attached hydrogens (tertiary/aromatic N) is 4. The molecule has 16 nitrogen and oxygen atoms in total. The number of anilines is 1. The van der Waals surface area contributed by atoms with Gasteiger partial charge in [-0.05, 0) is 85.9 Å². The molecule has 308 valence electrons. The number of Topliss-reactive ketones (excluding diaryl/α,β-unsaturated/α-hetero) is 1. The summed E-state index contributed by atoms with van der Waals surface area (Å²) in [5.41, 5.74) is 11.6. The summed E-state index contributed by atoms with van der Waals surface area (Å²) < 4.78 is 32.4. The zero-order chi connectivity index (χ0) is 40.7. The fraction of sp³-hybridized carbons (Fsp3) is 0.718. The second-order valence-electron chi connectivity index (χ2n) is 15.6. The number of aliphatic hydroxyl groups excluding tert-OH is 1. The molecule has 1 aromatic heterocycles. The number of nitrogens with one attached hydrogen (secondary N) is 1. The number of ether oxygens (including phenoxy) is 5. The highest BCUT2D eigenvalue weighted by molar-refractivity contribution is 6.00. The number of aliphatic hydroxyl groups is 1. The van der Waals surface area contributed by atoms with Crippen LogP contribution in [0.3, 0.4) is 0 Å². The van der Waals surface area contributed by atoms with Gasteiger partial charge >= 0.3 is 12.1 Å². The number of nitrogen functional groups attached to an aromatic ring is 1. The Labute approximate surface area is 324 Å². The number of fused-ring (bicyclic) bond motifs is 1. The van der Waals surface area contributed by atoms with Gasteiger partial charge in [-0.2, -0.15) is 0 Å². The van der Waals surface area contributed by atoms with E-state index >= 15 is 0 Å². The van der Waals surface area contributed by atoms with Crippen LogP contribution in [0.2, 0.25) is 0 Å². The van der Waals surface area contributed by atoms with Gasteiger partial charge in [-0.15, -0.1) is 5.10 Å². The first-order valence-corrected chi connectivity index (χ1v) is 19.5. The maximum Gasteiger partial charge on any atom is 0.410 e. The number of cyclic esters (lactones) is 1. The third kappa shape index (κ3) is 10.2. The predicted octanol–water partition coefficient (Wildman–Crippen LogP) is 3.29. The zero-order valence-electron chi connectivity index (χ0n) is 33.9. The first-order valence-electron chi connectivity index (χ1n) is 19.5. The highest BCUT2D eigenvalue weighted by Crippen LogP contribution is 2.39. The van der Waals surface area contributed by atoms with E-state index in [-0.39, 0.29) is 18.7 Å². The Kier molecular flexibility index (Phi) is 15.2. The first-order chi connectivity index (χ1) is 26.0. The van der Waals surface area contributed by atoms with Crippen molar-refractivity contribution in [2.24, 2.45) is 17.6 Å². The molecular weight excluding hydrogens is 710 g/mol. The number of hydrogen-bond acceptors (Lipinski definition) is 14. The van der Waals surface area contributed by atoms with Gasteiger partial charge in [-0.25, -0.2) is 4.79 Å². The van der Waals surface area contributed by atoms with Crippen LogP contribution in [0.25, 0.3) is 11.3 Å². The molecule has 0 bridgehead atoms. The standard InChI is InChI=1S/C39H63N7O9/c1-10-31-39(8)33(46(37(50)55-39)19-12-11-18-45-22-29(43-44-45)27-14-13-15-28(41)20-27)26(6)42-17-16-38(7,51-9)34(24(4)32(48)25(5)35(49)53-31)54-36(30(47)21-40)52-23(2)3/h13-15,20,22-26,30-31,33-34,36,42,47H,10-12,16-19,21,40-41H2,1-9H3/t24-,25+,26+,30?,31+,33+,34+,36-,38+,39+/m0/s1. The average molecular weight is 774 g/mol. The number of unbranched alkanes of at least 4 members (excludes halogenated alkanes) is 1. The number of ketones is 1. The normalized spacial score (nSPS) is 30.8. The number of amides is 1. The molecular formula is C39H63N7O9. The average Bonchev–Trinajstić information content (AvgIpc) is 3.73. The molecule has 0 radical (unpaired) electrons. The monoisotopic (exact) mass is 773 g/mol. The van der Waals surface area contributed by atoms with Crippen molar-refractivity contribution in [2.75, 3.05) is 32.5 Å². The second-order valence-corrected chi connectivity index (χ2v) is 15.6. The molecule has 2 saturated heterocycles. The van der Waals surface area contributed by atoms with E-state index < -0.39 is 71.5 Å². The Morgan fingerprint density at radius 1 is 1.13 bits per heavy atom. The number of hydrogen-bond donors (Lipinski definition) is 4. The van der Waals surface area contributed by atoms with Gasteiger partial charge in [0, 0.05) is 50.0 Å². The van der Waals surface area contributed by atoms with E-state index in [1.165, 1.54) is 14.0 Å². The maximum absolute atomic E-state index is 14.1. The highest BCUT2D eigenvalue weighted by Gasteiger charge is 2.58. The lowest BCUT2D eigenvalue weighted by molar-refractivity contribution is -0.266. The van der Waals surface area contributed by atoms with E-state index in [0.29, 0.717) is 51.0 Å². The lowest BCUT2D eigenvalue weighted by Crippen LogP contribution is -2.61. The van der Waals surface area contributed by atoms with E-state index in [1.54, 1.807) is 37.3 Å². The van der Waals surface area contributed by atoms with Crippen molar-refractivity contribution in [2.45, 2.75) is 142 Å². The number of aromatic nitrogens is 3. The summed E-state index contributed by atoms with van der Waals surface area (Å²) >= 11 is 0. The minimum absolute atomic E-state index is 0.140. The van der Waals surface area contributed by atoms with Crippen molar-refractivity contribution in [1.82, 2.24) is 25.2 Å². The number of methoxy groups -OCH3 is 1. The van der Waals surface area contributed by atoms with Crippen LogP contribution in [-0.4, -0.2) is 124 Å². The Balaban J connectivity index is 1.58. The van der Waals surface area contributed by atoms with Crippen molar-refractivity contribution >= 4 is 23.5 Å². The minimum atomic E-state index is -1.24. The van der Waals surface area contributed by atoms with Gasteiger partial charge in [0.2, 0.25) is 0 Å². The molecule has 10 atom stereocenters. The molecule has 0 spiro atoms. The van der Waals surface area contributed by atoms with Crippen LogP contribution in [0.1, 0.15) is 81.1 Å². The summed E-state index contributed by atoms with van der Waals surface area (Å²) in [5, 5.41) is 22.9. The molecule has 1 aromatic carbocycles. The molecule has 2 aromatic rings. The first kappa shape index (κ1) is 44.0. The van der Waals surface area contributed by atoms with E-state index in [1.807, 2.05) is 51.2 Å². The van der Waals surface area contributed by atoms with Gasteiger partial charge in [0.1, 0.15) is 23.8 Å². The molecule has 3 heterocycles. The van der Waals surface area contributed by atoms with Gasteiger partial charge in [0.05, 0.1) is 30.0 Å². The van der Waals surface area contributed by atoms with E-state index in [2.05, 4.69) is 15.6 Å². The van der Waals surface area contributed by atoms with Crippen LogP contribution in [0.15, 0.2) is 30.5 Å². The fourth-order valence-corrected chi connectivity index (χ4v) is 7.83. The van der Waals surface area contributed by atoms with Crippen molar-refractivity contribution in [3.05, 3.63) is 30.5 Å². The number of nitrogens with two attached hydrogens (primary N) is 2. The lowest BCUT2D eigenvalue weighted by Gasteiger charge is -2.44. The van der Waals surface area contributed by atoms with Gasteiger partial charge in [-0.1, -0.05) is 31.2 Å². The molecule has 2 aliphatic rings. The summed E-state index contributed by atoms with van der Waals surface area (Å²) in [6, 6.07) is 6.58. The smallest absolute Gasteiger partial charge is 0.410 e. The molecule has 2 aliphatic heterocycles. The number of benzene rings is 1. The number of carbonyl (C=O) groups is 3. The minimum Gasteiger partial charge on any atom is -0.458 e. The summed E-state index contributed by atoms with van der Waals surface area (Å²) in [5.74, 6) is -3.25. The van der Waals surface area contributed by atoms with Crippen molar-refractivity contribution in [3.8, 4) is 11.3 Å². The Hall–Kier alpha value is -3.67. The van der Waals surface area contributed by atoms with Crippen LogP contribution < -0.4 is 16.8 Å². The molecule has 1 amide bonds. The van der Waals surface area contributed by atoms with E-state index in [9.17, 15) is 19.5 Å². The van der Waals surface area contributed by atoms with E-state index in [0.717, 1.165) is 11.3 Å². The van der Waals surface area contributed by atoms with Gasteiger partial charge < -0.3 is 45.6 Å². The molecule has 2 fully saturated rings. The summed E-state index contributed by atoms with van der Waals surface area (Å²) in [4.78, 5) is 43.3. The van der Waals surface area contributed by atoms with Crippen molar-refractivity contribution in [3.63, 3.8) is 0 Å². The number of esters is 1. The molecule has 55 heavy (non-hydrogen) atoms. The summed E-state index contributed by atoms with van der Waals surface area (Å²) in [6.45, 7) is 15.4. The molecule has 0 saturated carbocycles. The lowest BCUT2D eigenvalue weighted by atomic mass is 9.80. The fourth-order valence-electron chi connectivity index (χ4n) is 7.83. The van der Waals surface area contributed by atoms with Crippen LogP contribution >= 0.6 is 0 Å². The third-order valence-electron chi connectivity index (χ3n) is 11.0. The van der Waals surface area contributed by atoms with Crippen LogP contribution in [-0.2, 0) is 39.8 Å². The van der Waals surface area contributed by atoms with E-state index in [4.69, 9.17) is 35.2 Å².